The van der Waals surface area contributed by atoms with Crippen LogP contribution in [0.2, 0.25) is 0 Å². The maximum absolute atomic E-state index is 5.91. The van der Waals surface area contributed by atoms with Gasteiger partial charge in [-0.25, -0.2) is 9.97 Å². The van der Waals surface area contributed by atoms with Crippen molar-refractivity contribution in [2.45, 2.75) is 27.7 Å². The standard InChI is InChI=1S/C17H15N3O2/c1-8-5-12(10(3)18-9(8)2)17-20-14-6-13-15(7-16(14)22-17)21-11(4)19-13/h5-7H,1-4H3. The molecule has 0 saturated carbocycles. The molecule has 0 N–H and O–H groups in total. The monoisotopic (exact) mass is 293 g/mol. The molecule has 0 unspecified atom stereocenters. The summed E-state index contributed by atoms with van der Waals surface area (Å²) in [7, 11) is 0. The molecule has 110 valence electrons. The second-order valence-electron chi connectivity index (χ2n) is 5.56. The van der Waals surface area contributed by atoms with Crippen molar-refractivity contribution in [3.05, 3.63) is 41.0 Å². The van der Waals surface area contributed by atoms with E-state index in [-0.39, 0.29) is 0 Å². The van der Waals surface area contributed by atoms with Crippen molar-refractivity contribution >= 4 is 22.2 Å². The zero-order valence-corrected chi connectivity index (χ0v) is 12.9. The molecular formula is C17H15N3O2. The van der Waals surface area contributed by atoms with Gasteiger partial charge >= 0.3 is 0 Å². The van der Waals surface area contributed by atoms with E-state index in [0.29, 0.717) is 22.9 Å². The highest BCUT2D eigenvalue weighted by atomic mass is 16.4. The van der Waals surface area contributed by atoms with Gasteiger partial charge in [-0.3, -0.25) is 4.98 Å². The van der Waals surface area contributed by atoms with Gasteiger partial charge < -0.3 is 8.83 Å². The Bertz CT molecular complexity index is 976. The van der Waals surface area contributed by atoms with Crippen molar-refractivity contribution in [3.63, 3.8) is 0 Å². The number of rotatable bonds is 1. The lowest BCUT2D eigenvalue weighted by molar-refractivity contribution is 0.560. The Morgan fingerprint density at radius 2 is 1.45 bits per heavy atom. The van der Waals surface area contributed by atoms with Crippen molar-refractivity contribution in [2.75, 3.05) is 0 Å². The lowest BCUT2D eigenvalue weighted by atomic mass is 10.1. The van der Waals surface area contributed by atoms with Crippen LogP contribution in [0.25, 0.3) is 33.7 Å². The van der Waals surface area contributed by atoms with Crippen LogP contribution in [0.4, 0.5) is 0 Å². The minimum absolute atomic E-state index is 0.576. The van der Waals surface area contributed by atoms with E-state index in [1.54, 1.807) is 0 Å². The minimum Gasteiger partial charge on any atom is -0.441 e. The molecule has 1 aromatic carbocycles. The Morgan fingerprint density at radius 3 is 2.27 bits per heavy atom. The lowest BCUT2D eigenvalue weighted by Gasteiger charge is -2.05. The van der Waals surface area contributed by atoms with E-state index in [0.717, 1.165) is 33.5 Å². The molecule has 5 heteroatoms. The summed E-state index contributed by atoms with van der Waals surface area (Å²) in [6.45, 7) is 7.83. The molecule has 0 fully saturated rings. The smallest absolute Gasteiger partial charge is 0.229 e. The van der Waals surface area contributed by atoms with E-state index < -0.39 is 0 Å². The molecule has 3 heterocycles. The van der Waals surface area contributed by atoms with Crippen LogP contribution in [-0.2, 0) is 0 Å². The number of oxazole rings is 2. The third-order valence-corrected chi connectivity index (χ3v) is 3.89. The van der Waals surface area contributed by atoms with Gasteiger partial charge in [0.25, 0.3) is 0 Å². The second kappa shape index (κ2) is 4.40. The number of benzene rings is 1. The van der Waals surface area contributed by atoms with Crippen molar-refractivity contribution in [1.82, 2.24) is 15.0 Å². The van der Waals surface area contributed by atoms with Crippen LogP contribution in [-0.4, -0.2) is 15.0 Å². The zero-order chi connectivity index (χ0) is 15.4. The lowest BCUT2D eigenvalue weighted by Crippen LogP contribution is -1.94. The summed E-state index contributed by atoms with van der Waals surface area (Å²) in [5, 5.41) is 0. The first-order valence-corrected chi connectivity index (χ1v) is 7.14. The van der Waals surface area contributed by atoms with Gasteiger partial charge in [-0.1, -0.05) is 0 Å². The molecule has 0 aliphatic carbocycles. The van der Waals surface area contributed by atoms with E-state index in [2.05, 4.69) is 21.0 Å². The Kier molecular flexibility index (Phi) is 2.60. The van der Waals surface area contributed by atoms with Gasteiger partial charge in [0, 0.05) is 18.7 Å². The van der Waals surface area contributed by atoms with E-state index >= 15 is 0 Å². The van der Waals surface area contributed by atoms with Crippen LogP contribution in [0, 0.1) is 27.7 Å². The molecule has 0 atom stereocenters. The van der Waals surface area contributed by atoms with Crippen molar-refractivity contribution in [1.29, 1.82) is 0 Å². The first kappa shape index (κ1) is 13.0. The van der Waals surface area contributed by atoms with Gasteiger partial charge in [-0.15, -0.1) is 0 Å². The molecule has 0 aliphatic rings. The fourth-order valence-corrected chi connectivity index (χ4v) is 2.62. The topological polar surface area (TPSA) is 65.0 Å². The summed E-state index contributed by atoms with van der Waals surface area (Å²) < 4.78 is 11.4. The van der Waals surface area contributed by atoms with Crippen LogP contribution < -0.4 is 0 Å². The summed E-state index contributed by atoms with van der Waals surface area (Å²) >= 11 is 0. The number of fused-ring (bicyclic) bond motifs is 2. The fraction of sp³-hybridized carbons (Fsp3) is 0.235. The van der Waals surface area contributed by atoms with Crippen LogP contribution >= 0.6 is 0 Å². The molecule has 3 aromatic heterocycles. The Balaban J connectivity index is 1.94. The molecule has 0 radical (unpaired) electrons. The minimum atomic E-state index is 0.576. The third kappa shape index (κ3) is 1.89. The number of aromatic nitrogens is 3. The van der Waals surface area contributed by atoms with Crippen molar-refractivity contribution < 1.29 is 8.83 Å². The van der Waals surface area contributed by atoms with Gasteiger partial charge in [0.05, 0.1) is 11.3 Å². The summed E-state index contributed by atoms with van der Waals surface area (Å²) in [5.41, 5.74) is 6.93. The Morgan fingerprint density at radius 1 is 0.727 bits per heavy atom. The summed E-state index contributed by atoms with van der Waals surface area (Å²) in [5.74, 6) is 1.21. The highest BCUT2D eigenvalue weighted by molar-refractivity contribution is 5.90. The highest BCUT2D eigenvalue weighted by Gasteiger charge is 2.15. The third-order valence-electron chi connectivity index (χ3n) is 3.89. The molecule has 5 nitrogen and oxygen atoms in total. The van der Waals surface area contributed by atoms with Crippen molar-refractivity contribution in [3.8, 4) is 11.5 Å². The van der Waals surface area contributed by atoms with Gasteiger partial charge in [-0.05, 0) is 38.5 Å². The van der Waals surface area contributed by atoms with E-state index in [1.165, 1.54) is 0 Å². The quantitative estimate of drug-likeness (QED) is 0.524. The Labute approximate surface area is 127 Å². The molecule has 0 amide bonds. The molecule has 0 bridgehead atoms. The number of nitrogens with zero attached hydrogens (tertiary/aromatic N) is 3. The van der Waals surface area contributed by atoms with Gasteiger partial charge in [0.15, 0.2) is 17.1 Å². The molecule has 0 saturated heterocycles. The predicted octanol–water partition coefficient (Wildman–Crippen LogP) is 4.26. The van der Waals surface area contributed by atoms with E-state index in [1.807, 2.05) is 39.8 Å². The highest BCUT2D eigenvalue weighted by Crippen LogP contribution is 2.30. The molecule has 0 aliphatic heterocycles. The summed E-state index contributed by atoms with van der Waals surface area (Å²) in [6.07, 6.45) is 0. The van der Waals surface area contributed by atoms with E-state index in [4.69, 9.17) is 8.83 Å². The maximum atomic E-state index is 5.91. The van der Waals surface area contributed by atoms with Crippen LogP contribution in [0.15, 0.2) is 27.0 Å². The molecule has 0 spiro atoms. The second-order valence-corrected chi connectivity index (χ2v) is 5.56. The summed E-state index contributed by atoms with van der Waals surface area (Å²) in [4.78, 5) is 13.5. The average molecular weight is 293 g/mol. The number of aryl methyl sites for hydroxylation is 4. The number of pyridine rings is 1. The van der Waals surface area contributed by atoms with Gasteiger partial charge in [0.2, 0.25) is 5.89 Å². The Hall–Kier alpha value is -2.69. The SMILES string of the molecule is Cc1nc2cc3nc(-c4cc(C)c(C)nc4C)oc3cc2o1. The largest absolute Gasteiger partial charge is 0.441 e. The van der Waals surface area contributed by atoms with Crippen LogP contribution in [0.3, 0.4) is 0 Å². The predicted molar refractivity (Wildman–Crippen MR) is 83.8 cm³/mol. The van der Waals surface area contributed by atoms with Crippen LogP contribution in [0.5, 0.6) is 0 Å². The zero-order valence-electron chi connectivity index (χ0n) is 12.9. The molecular weight excluding hydrogens is 278 g/mol. The summed E-state index contributed by atoms with van der Waals surface area (Å²) in [6, 6.07) is 5.79. The van der Waals surface area contributed by atoms with Crippen LogP contribution in [0.1, 0.15) is 22.8 Å². The van der Waals surface area contributed by atoms with E-state index in [9.17, 15) is 0 Å². The van der Waals surface area contributed by atoms with Crippen molar-refractivity contribution in [2.24, 2.45) is 0 Å². The molecule has 4 aromatic rings. The molecule has 4 rings (SSSR count). The molecule has 22 heavy (non-hydrogen) atoms. The number of hydrogen-bond acceptors (Lipinski definition) is 5. The number of hydrogen-bond donors (Lipinski definition) is 0. The first-order chi connectivity index (χ1) is 10.5. The normalized spacial score (nSPS) is 11.6. The maximum Gasteiger partial charge on any atom is 0.229 e. The average Bonchev–Trinajstić information content (AvgIpc) is 3.01. The first-order valence-electron chi connectivity index (χ1n) is 7.14. The van der Waals surface area contributed by atoms with Gasteiger partial charge in [0.1, 0.15) is 11.0 Å². The van der Waals surface area contributed by atoms with Gasteiger partial charge in [-0.2, -0.15) is 0 Å². The fourth-order valence-electron chi connectivity index (χ4n) is 2.62.